The topological polar surface area (TPSA) is 107 Å². The molecule has 0 amide bonds. The Hall–Kier alpha value is -2.13. The van der Waals surface area contributed by atoms with Crippen LogP contribution in [0.1, 0.15) is 36.0 Å². The van der Waals surface area contributed by atoms with Crippen LogP contribution < -0.4 is 9.61 Å². The molecule has 0 saturated heterocycles. The minimum absolute atomic E-state index is 0.0261. The van der Waals surface area contributed by atoms with Gasteiger partial charge < -0.3 is 9.84 Å². The number of hydrogen-bond donors (Lipinski definition) is 2. The molecular weight excluding hydrogens is 501 g/mol. The van der Waals surface area contributed by atoms with Crippen LogP contribution in [0.5, 0.6) is 11.6 Å². The summed E-state index contributed by atoms with van der Waals surface area (Å²) in [5.74, 6) is 0.584. The fourth-order valence-corrected chi connectivity index (χ4v) is 5.13. The standard InChI is InChI=1S/C23H27ClNO7PS/c1-15(2)13-31-33(28,29-3)32-20(17-5-4-6-18(24)12-17)14-30-19-9-7-16(8-10-19)11-21-22(26)25-23(27)34-21/h4-10,12,15,20,26H,11,13-14H2,1-3H3,(H,25,27). The van der Waals surface area contributed by atoms with Gasteiger partial charge >= 0.3 is 12.7 Å². The van der Waals surface area contributed by atoms with Gasteiger partial charge in [-0.15, -0.1) is 0 Å². The summed E-state index contributed by atoms with van der Waals surface area (Å²) in [6, 6.07) is 14.2. The number of aromatic amines is 1. The molecule has 1 heterocycles. The van der Waals surface area contributed by atoms with E-state index in [0.29, 0.717) is 27.6 Å². The Morgan fingerprint density at radius 2 is 1.88 bits per heavy atom. The first-order valence-electron chi connectivity index (χ1n) is 10.5. The maximum Gasteiger partial charge on any atom is 0.475 e. The quantitative estimate of drug-likeness (QED) is 0.280. The summed E-state index contributed by atoms with van der Waals surface area (Å²) < 4.78 is 35.2. The number of aromatic nitrogens is 1. The highest BCUT2D eigenvalue weighted by atomic mass is 35.5. The van der Waals surface area contributed by atoms with E-state index in [2.05, 4.69) is 4.98 Å². The van der Waals surface area contributed by atoms with Gasteiger partial charge in [0.2, 0.25) is 5.88 Å². The number of nitrogens with one attached hydrogen (secondary N) is 1. The van der Waals surface area contributed by atoms with Crippen LogP contribution in [0.15, 0.2) is 53.3 Å². The molecule has 0 spiro atoms. The van der Waals surface area contributed by atoms with Crippen LogP contribution in [0, 0.1) is 5.92 Å². The van der Waals surface area contributed by atoms with E-state index in [1.165, 1.54) is 7.11 Å². The van der Waals surface area contributed by atoms with Gasteiger partial charge in [-0.05, 0) is 41.3 Å². The highest BCUT2D eigenvalue weighted by molar-refractivity contribution is 7.48. The Kier molecular flexibility index (Phi) is 9.36. The molecule has 2 aromatic carbocycles. The van der Waals surface area contributed by atoms with Gasteiger partial charge in [0.25, 0.3) is 0 Å². The number of phosphoric ester groups is 1. The van der Waals surface area contributed by atoms with Gasteiger partial charge in [0.15, 0.2) is 0 Å². The molecule has 2 N–H and O–H groups in total. The van der Waals surface area contributed by atoms with E-state index in [4.69, 9.17) is 29.9 Å². The number of aromatic hydroxyl groups is 1. The van der Waals surface area contributed by atoms with E-state index in [-0.39, 0.29) is 29.9 Å². The number of benzene rings is 2. The van der Waals surface area contributed by atoms with Crippen molar-refractivity contribution >= 4 is 30.8 Å². The Morgan fingerprint density at radius 1 is 1.15 bits per heavy atom. The SMILES string of the molecule is COP(=O)(OCC(C)C)OC(COc1ccc(Cc2sc(=O)[nH]c2O)cc1)c1cccc(Cl)c1. The zero-order chi connectivity index (χ0) is 24.7. The molecule has 2 atom stereocenters. The van der Waals surface area contributed by atoms with Crippen LogP contribution in [0.2, 0.25) is 5.02 Å². The molecule has 2 unspecified atom stereocenters. The molecule has 8 nitrogen and oxygen atoms in total. The van der Waals surface area contributed by atoms with E-state index >= 15 is 0 Å². The number of halogens is 1. The molecule has 0 aliphatic carbocycles. The molecule has 3 aromatic rings. The lowest BCUT2D eigenvalue weighted by Gasteiger charge is -2.24. The Labute approximate surface area is 207 Å². The lowest BCUT2D eigenvalue weighted by Crippen LogP contribution is -2.15. The summed E-state index contributed by atoms with van der Waals surface area (Å²) in [5, 5.41) is 10.3. The number of phosphoric acid groups is 1. The first-order chi connectivity index (χ1) is 16.2. The van der Waals surface area contributed by atoms with Crippen molar-refractivity contribution in [3.63, 3.8) is 0 Å². The summed E-state index contributed by atoms with van der Waals surface area (Å²) in [6.07, 6.45) is -0.362. The number of ether oxygens (including phenoxy) is 1. The predicted molar refractivity (Wildman–Crippen MR) is 132 cm³/mol. The zero-order valence-corrected chi connectivity index (χ0v) is 21.5. The molecule has 0 fully saturated rings. The number of thiazole rings is 1. The second kappa shape index (κ2) is 12.0. The number of hydrogen-bond acceptors (Lipinski definition) is 8. The summed E-state index contributed by atoms with van der Waals surface area (Å²) in [6.45, 7) is 4.09. The van der Waals surface area contributed by atoms with Crippen LogP contribution in [0.4, 0.5) is 0 Å². The van der Waals surface area contributed by atoms with Gasteiger partial charge in [0.1, 0.15) is 18.5 Å². The van der Waals surface area contributed by atoms with Crippen molar-refractivity contribution in [3.05, 3.63) is 79.2 Å². The maximum absolute atomic E-state index is 13.0. The van der Waals surface area contributed by atoms with Crippen molar-refractivity contribution in [3.8, 4) is 11.6 Å². The molecule has 34 heavy (non-hydrogen) atoms. The van der Waals surface area contributed by atoms with Gasteiger partial charge in [-0.25, -0.2) is 4.57 Å². The van der Waals surface area contributed by atoms with Crippen molar-refractivity contribution in [1.29, 1.82) is 0 Å². The molecule has 0 aliphatic rings. The van der Waals surface area contributed by atoms with E-state index < -0.39 is 13.9 Å². The smallest absolute Gasteiger partial charge is 0.475 e. The predicted octanol–water partition coefficient (Wildman–Crippen LogP) is 5.95. The molecule has 0 aliphatic heterocycles. The fraction of sp³-hybridized carbons (Fsp3) is 0.348. The minimum Gasteiger partial charge on any atom is -0.494 e. The molecule has 0 bridgehead atoms. The van der Waals surface area contributed by atoms with Gasteiger partial charge in [0.05, 0.1) is 11.5 Å². The summed E-state index contributed by atoms with van der Waals surface area (Å²) in [5.41, 5.74) is 1.55. The van der Waals surface area contributed by atoms with Crippen LogP contribution in [0.3, 0.4) is 0 Å². The normalized spacial score (nSPS) is 14.1. The van der Waals surface area contributed by atoms with Crippen molar-refractivity contribution in [2.24, 2.45) is 5.92 Å². The minimum atomic E-state index is -3.84. The van der Waals surface area contributed by atoms with E-state index in [0.717, 1.165) is 16.9 Å². The largest absolute Gasteiger partial charge is 0.494 e. The number of H-pyrrole nitrogens is 1. The lowest BCUT2D eigenvalue weighted by atomic mass is 10.1. The van der Waals surface area contributed by atoms with Crippen LogP contribution >= 0.6 is 30.8 Å². The third-order valence-corrected chi connectivity index (χ3v) is 7.19. The third kappa shape index (κ3) is 7.70. The Bertz CT molecular complexity index is 1180. The molecular formula is C23H27ClNO7PS. The summed E-state index contributed by atoms with van der Waals surface area (Å²) >= 11 is 7.11. The average Bonchev–Trinajstić information content (AvgIpc) is 3.12. The first kappa shape index (κ1) is 26.5. The van der Waals surface area contributed by atoms with E-state index in [1.54, 1.807) is 36.4 Å². The molecule has 184 valence electrons. The molecule has 1 aromatic heterocycles. The monoisotopic (exact) mass is 527 g/mol. The van der Waals surface area contributed by atoms with Crippen molar-refractivity contribution < 1.29 is 28.0 Å². The van der Waals surface area contributed by atoms with Gasteiger partial charge in [-0.1, -0.05) is 61.1 Å². The van der Waals surface area contributed by atoms with Crippen LogP contribution in [0.25, 0.3) is 0 Å². The Balaban J connectivity index is 1.71. The number of rotatable bonds is 12. The molecule has 3 rings (SSSR count). The summed E-state index contributed by atoms with van der Waals surface area (Å²) in [4.78, 5) is 14.0. The second-order valence-electron chi connectivity index (χ2n) is 7.89. The highest BCUT2D eigenvalue weighted by Crippen LogP contribution is 2.52. The maximum atomic E-state index is 13.0. The molecule has 0 saturated carbocycles. The van der Waals surface area contributed by atoms with Crippen molar-refractivity contribution in [1.82, 2.24) is 4.98 Å². The highest BCUT2D eigenvalue weighted by Gasteiger charge is 2.31. The first-order valence-corrected chi connectivity index (χ1v) is 13.2. The Morgan fingerprint density at radius 3 is 2.47 bits per heavy atom. The van der Waals surface area contributed by atoms with Crippen LogP contribution in [-0.4, -0.2) is 30.4 Å². The lowest BCUT2D eigenvalue weighted by molar-refractivity contribution is 0.0583. The molecule has 0 radical (unpaired) electrons. The van der Waals surface area contributed by atoms with E-state index in [9.17, 15) is 14.5 Å². The van der Waals surface area contributed by atoms with Gasteiger partial charge in [-0.2, -0.15) is 0 Å². The summed E-state index contributed by atoms with van der Waals surface area (Å²) in [7, 11) is -2.56. The van der Waals surface area contributed by atoms with Crippen molar-refractivity contribution in [2.45, 2.75) is 26.4 Å². The third-order valence-electron chi connectivity index (χ3n) is 4.66. The van der Waals surface area contributed by atoms with Crippen LogP contribution in [-0.2, 0) is 24.6 Å². The van der Waals surface area contributed by atoms with E-state index in [1.807, 2.05) is 26.0 Å². The fourth-order valence-electron chi connectivity index (χ4n) is 2.95. The zero-order valence-electron chi connectivity index (χ0n) is 19.0. The van der Waals surface area contributed by atoms with Gasteiger partial charge in [-0.3, -0.25) is 23.3 Å². The second-order valence-corrected chi connectivity index (χ2v) is 11.1. The average molecular weight is 528 g/mol. The van der Waals surface area contributed by atoms with Crippen molar-refractivity contribution in [2.75, 3.05) is 20.3 Å². The molecule has 11 heteroatoms. The van der Waals surface area contributed by atoms with Gasteiger partial charge in [0, 0.05) is 18.6 Å².